The number of halogens is 1. The van der Waals surface area contributed by atoms with Gasteiger partial charge in [0.1, 0.15) is 0 Å². The van der Waals surface area contributed by atoms with E-state index in [0.29, 0.717) is 12.3 Å². The Labute approximate surface area is 79.8 Å². The van der Waals surface area contributed by atoms with Crippen LogP contribution in [-0.4, -0.2) is 6.67 Å². The molecule has 0 amide bonds. The van der Waals surface area contributed by atoms with E-state index in [1.807, 2.05) is 6.07 Å². The van der Waals surface area contributed by atoms with Gasteiger partial charge in [0, 0.05) is 0 Å². The Morgan fingerprint density at radius 1 is 1.15 bits per heavy atom. The van der Waals surface area contributed by atoms with Crippen LogP contribution in [0.4, 0.5) is 4.39 Å². The molecular weight excluding hydrogens is 163 g/mol. The fourth-order valence-electron chi connectivity index (χ4n) is 1.39. The first-order valence-electron chi connectivity index (χ1n) is 4.93. The zero-order valence-electron chi connectivity index (χ0n) is 8.17. The highest BCUT2D eigenvalue weighted by Crippen LogP contribution is 2.12. The van der Waals surface area contributed by atoms with Crippen LogP contribution in [0.1, 0.15) is 25.3 Å². The van der Waals surface area contributed by atoms with Gasteiger partial charge in [0.25, 0.3) is 0 Å². The highest BCUT2D eigenvalue weighted by Gasteiger charge is 2.01. The van der Waals surface area contributed by atoms with Crippen molar-refractivity contribution in [2.45, 2.75) is 26.2 Å². The monoisotopic (exact) mass is 180 g/mol. The Kier molecular flexibility index (Phi) is 4.52. The van der Waals surface area contributed by atoms with Gasteiger partial charge in [-0.05, 0) is 30.7 Å². The van der Waals surface area contributed by atoms with Gasteiger partial charge in [0.2, 0.25) is 0 Å². The fourth-order valence-corrected chi connectivity index (χ4v) is 1.39. The van der Waals surface area contributed by atoms with Gasteiger partial charge in [-0.3, -0.25) is 4.39 Å². The van der Waals surface area contributed by atoms with Gasteiger partial charge in [0.05, 0.1) is 6.67 Å². The van der Waals surface area contributed by atoms with Crippen molar-refractivity contribution in [1.82, 2.24) is 0 Å². The SMILES string of the molecule is CC(CCF)CCc1ccccc1. The van der Waals surface area contributed by atoms with Crippen molar-refractivity contribution in [1.29, 1.82) is 0 Å². The van der Waals surface area contributed by atoms with Gasteiger partial charge in [-0.2, -0.15) is 0 Å². The molecule has 0 N–H and O–H groups in total. The van der Waals surface area contributed by atoms with Gasteiger partial charge in [-0.25, -0.2) is 0 Å². The average Bonchev–Trinajstić information content (AvgIpc) is 2.17. The van der Waals surface area contributed by atoms with Gasteiger partial charge >= 0.3 is 0 Å². The average molecular weight is 180 g/mol. The van der Waals surface area contributed by atoms with Crippen molar-refractivity contribution < 1.29 is 4.39 Å². The molecule has 0 fully saturated rings. The Morgan fingerprint density at radius 2 is 1.85 bits per heavy atom. The van der Waals surface area contributed by atoms with Gasteiger partial charge in [-0.1, -0.05) is 37.3 Å². The third-order valence-corrected chi connectivity index (χ3v) is 2.37. The minimum Gasteiger partial charge on any atom is -0.251 e. The maximum atomic E-state index is 12.0. The summed E-state index contributed by atoms with van der Waals surface area (Å²) >= 11 is 0. The second-order valence-corrected chi connectivity index (χ2v) is 3.61. The minimum atomic E-state index is -0.185. The number of benzene rings is 1. The molecule has 1 aromatic carbocycles. The van der Waals surface area contributed by atoms with E-state index < -0.39 is 0 Å². The molecule has 0 saturated carbocycles. The standard InChI is InChI=1S/C12H17F/c1-11(9-10-13)7-8-12-5-3-2-4-6-12/h2-6,11H,7-10H2,1H3. The molecule has 1 rings (SSSR count). The van der Waals surface area contributed by atoms with Crippen molar-refractivity contribution in [2.24, 2.45) is 5.92 Å². The molecular formula is C12H17F. The number of hydrogen-bond acceptors (Lipinski definition) is 0. The van der Waals surface area contributed by atoms with Crippen LogP contribution >= 0.6 is 0 Å². The lowest BCUT2D eigenvalue weighted by molar-refractivity contribution is 0.390. The summed E-state index contributed by atoms with van der Waals surface area (Å²) in [6.45, 7) is 1.93. The van der Waals surface area contributed by atoms with Crippen molar-refractivity contribution >= 4 is 0 Å². The zero-order chi connectivity index (χ0) is 9.52. The van der Waals surface area contributed by atoms with Crippen LogP contribution in [0.2, 0.25) is 0 Å². The van der Waals surface area contributed by atoms with Gasteiger partial charge in [-0.15, -0.1) is 0 Å². The summed E-state index contributed by atoms with van der Waals surface area (Å²) in [6.07, 6.45) is 2.86. The lowest BCUT2D eigenvalue weighted by atomic mass is 9.99. The summed E-state index contributed by atoms with van der Waals surface area (Å²) in [7, 11) is 0. The summed E-state index contributed by atoms with van der Waals surface area (Å²) in [5, 5.41) is 0. The van der Waals surface area contributed by atoms with E-state index in [9.17, 15) is 4.39 Å². The highest BCUT2D eigenvalue weighted by atomic mass is 19.1. The first-order valence-corrected chi connectivity index (χ1v) is 4.93. The molecule has 1 atom stereocenters. The predicted molar refractivity (Wildman–Crippen MR) is 54.5 cm³/mol. The second-order valence-electron chi connectivity index (χ2n) is 3.61. The fraction of sp³-hybridized carbons (Fsp3) is 0.500. The van der Waals surface area contributed by atoms with Crippen LogP contribution in [0.15, 0.2) is 30.3 Å². The summed E-state index contributed by atoms with van der Waals surface area (Å²) in [5.41, 5.74) is 1.35. The van der Waals surface area contributed by atoms with Gasteiger partial charge < -0.3 is 0 Å². The molecule has 0 saturated heterocycles. The summed E-state index contributed by atoms with van der Waals surface area (Å²) in [4.78, 5) is 0. The summed E-state index contributed by atoms with van der Waals surface area (Å²) in [6, 6.07) is 10.4. The molecule has 0 heterocycles. The normalized spacial score (nSPS) is 12.8. The topological polar surface area (TPSA) is 0 Å². The van der Waals surface area contributed by atoms with E-state index in [0.717, 1.165) is 12.8 Å². The van der Waals surface area contributed by atoms with Crippen molar-refractivity contribution in [3.8, 4) is 0 Å². The molecule has 0 radical (unpaired) electrons. The van der Waals surface area contributed by atoms with E-state index in [1.54, 1.807) is 0 Å². The minimum absolute atomic E-state index is 0.185. The lowest BCUT2D eigenvalue weighted by Gasteiger charge is -2.08. The molecule has 0 aliphatic rings. The molecule has 1 aromatic rings. The largest absolute Gasteiger partial charge is 0.251 e. The molecule has 0 aromatic heterocycles. The van der Waals surface area contributed by atoms with E-state index >= 15 is 0 Å². The highest BCUT2D eigenvalue weighted by molar-refractivity contribution is 5.14. The molecule has 0 bridgehead atoms. The molecule has 1 heteroatoms. The third kappa shape index (κ3) is 4.07. The van der Waals surface area contributed by atoms with E-state index in [1.165, 1.54) is 5.56 Å². The first-order chi connectivity index (χ1) is 6.33. The quantitative estimate of drug-likeness (QED) is 0.649. The maximum absolute atomic E-state index is 12.0. The van der Waals surface area contributed by atoms with Crippen LogP contribution in [0.5, 0.6) is 0 Å². The number of aryl methyl sites for hydroxylation is 1. The van der Waals surface area contributed by atoms with Crippen LogP contribution in [0.3, 0.4) is 0 Å². The van der Waals surface area contributed by atoms with Crippen LogP contribution in [0, 0.1) is 5.92 Å². The maximum Gasteiger partial charge on any atom is 0.0897 e. The first kappa shape index (κ1) is 10.2. The summed E-state index contributed by atoms with van der Waals surface area (Å²) in [5.74, 6) is 0.505. The van der Waals surface area contributed by atoms with Crippen molar-refractivity contribution in [3.63, 3.8) is 0 Å². The smallest absolute Gasteiger partial charge is 0.0897 e. The van der Waals surface area contributed by atoms with Crippen molar-refractivity contribution in [2.75, 3.05) is 6.67 Å². The Balaban J connectivity index is 2.27. The number of alkyl halides is 1. The lowest BCUT2D eigenvalue weighted by Crippen LogP contribution is -1.98. The molecule has 13 heavy (non-hydrogen) atoms. The van der Waals surface area contributed by atoms with Gasteiger partial charge in [0.15, 0.2) is 0 Å². The number of rotatable bonds is 5. The van der Waals surface area contributed by atoms with E-state index in [2.05, 4.69) is 31.2 Å². The van der Waals surface area contributed by atoms with Crippen LogP contribution in [-0.2, 0) is 6.42 Å². The van der Waals surface area contributed by atoms with Crippen LogP contribution in [0.25, 0.3) is 0 Å². The molecule has 0 spiro atoms. The van der Waals surface area contributed by atoms with Crippen LogP contribution < -0.4 is 0 Å². The molecule has 0 nitrogen and oxygen atoms in total. The third-order valence-electron chi connectivity index (χ3n) is 2.37. The van der Waals surface area contributed by atoms with E-state index in [4.69, 9.17) is 0 Å². The molecule has 72 valence electrons. The zero-order valence-corrected chi connectivity index (χ0v) is 8.17. The molecule has 1 unspecified atom stereocenters. The predicted octanol–water partition coefficient (Wildman–Crippen LogP) is 3.61. The molecule has 0 aliphatic heterocycles. The Morgan fingerprint density at radius 3 is 2.46 bits per heavy atom. The Bertz CT molecular complexity index is 218. The summed E-state index contributed by atoms with van der Waals surface area (Å²) < 4.78 is 12.0. The van der Waals surface area contributed by atoms with Crippen molar-refractivity contribution in [3.05, 3.63) is 35.9 Å². The second kappa shape index (κ2) is 5.74. The van der Waals surface area contributed by atoms with E-state index in [-0.39, 0.29) is 6.67 Å². The number of hydrogen-bond donors (Lipinski definition) is 0. The Hall–Kier alpha value is -0.850. The molecule has 0 aliphatic carbocycles.